The van der Waals surface area contributed by atoms with Crippen molar-refractivity contribution in [3.8, 4) is 0 Å². The molecule has 0 bridgehead atoms. The van der Waals surface area contributed by atoms with Crippen molar-refractivity contribution in [1.29, 1.82) is 0 Å². The van der Waals surface area contributed by atoms with Gasteiger partial charge in [0.2, 0.25) is 0 Å². The van der Waals surface area contributed by atoms with E-state index in [0.29, 0.717) is 12.8 Å². The van der Waals surface area contributed by atoms with Crippen LogP contribution in [-0.2, 0) is 4.74 Å². The third kappa shape index (κ3) is 4.58. The highest BCUT2D eigenvalue weighted by atomic mass is 19.4. The van der Waals surface area contributed by atoms with Crippen LogP contribution in [0.15, 0.2) is 35.8 Å². The van der Waals surface area contributed by atoms with Crippen molar-refractivity contribution in [3.63, 3.8) is 0 Å². The van der Waals surface area contributed by atoms with Crippen molar-refractivity contribution < 1.29 is 17.9 Å². The molecule has 0 saturated heterocycles. The number of nitrogens with one attached hydrogen (secondary N) is 1. The number of ether oxygens (including phenoxy) is 1. The summed E-state index contributed by atoms with van der Waals surface area (Å²) in [6.45, 7) is 0. The molecule has 2 nitrogen and oxygen atoms in total. The van der Waals surface area contributed by atoms with Crippen molar-refractivity contribution >= 4 is 0 Å². The second-order valence-corrected chi connectivity index (χ2v) is 2.98. The fourth-order valence-electron chi connectivity index (χ4n) is 1.18. The summed E-state index contributed by atoms with van der Waals surface area (Å²) in [6.07, 6.45) is 2.55. The number of hydrogen-bond donors (Lipinski definition) is 1. The van der Waals surface area contributed by atoms with Crippen molar-refractivity contribution in [1.82, 2.24) is 5.32 Å². The molecule has 0 spiro atoms. The van der Waals surface area contributed by atoms with Gasteiger partial charge in [0.05, 0.1) is 0 Å². The SMILES string of the molecule is CN/C1=C/CC=C(OC(F)(F)F)/C=C\C1. The largest absolute Gasteiger partial charge is 0.573 e. The Morgan fingerprint density at radius 2 is 2.07 bits per heavy atom. The molecule has 1 aliphatic carbocycles. The zero-order valence-corrected chi connectivity index (χ0v) is 8.27. The van der Waals surface area contributed by atoms with Gasteiger partial charge < -0.3 is 10.1 Å². The average molecular weight is 219 g/mol. The minimum atomic E-state index is -4.62. The van der Waals surface area contributed by atoms with Gasteiger partial charge in [-0.25, -0.2) is 0 Å². The summed E-state index contributed by atoms with van der Waals surface area (Å²) in [5.41, 5.74) is 0.980. The smallest absolute Gasteiger partial charge is 0.406 e. The lowest BCUT2D eigenvalue weighted by Crippen LogP contribution is -2.12. The zero-order valence-electron chi connectivity index (χ0n) is 8.27. The molecule has 5 heteroatoms. The van der Waals surface area contributed by atoms with Gasteiger partial charge in [-0.15, -0.1) is 13.2 Å². The lowest BCUT2D eigenvalue weighted by Gasteiger charge is -2.11. The predicted molar refractivity (Wildman–Crippen MR) is 50.7 cm³/mol. The van der Waals surface area contributed by atoms with Gasteiger partial charge in [0.1, 0.15) is 5.76 Å². The number of alkyl halides is 3. The van der Waals surface area contributed by atoms with Crippen molar-refractivity contribution in [2.45, 2.75) is 19.2 Å². The Morgan fingerprint density at radius 1 is 1.33 bits per heavy atom. The Labute approximate surface area is 86.1 Å². The van der Waals surface area contributed by atoms with Gasteiger partial charge in [-0.2, -0.15) is 0 Å². The molecular weight excluding hydrogens is 207 g/mol. The number of hydrogen-bond acceptors (Lipinski definition) is 2. The topological polar surface area (TPSA) is 21.3 Å². The molecular formula is C10H12F3NO. The monoisotopic (exact) mass is 219 g/mol. The van der Waals surface area contributed by atoms with E-state index in [1.165, 1.54) is 12.2 Å². The summed E-state index contributed by atoms with van der Waals surface area (Å²) in [6, 6.07) is 0. The van der Waals surface area contributed by atoms with E-state index in [0.717, 1.165) is 5.70 Å². The first-order valence-corrected chi connectivity index (χ1v) is 4.50. The standard InChI is InChI=1S/C10H12F3NO/c1-14-8-4-2-6-9(7-3-5-8)15-10(11,12)13/h2,5-7,14H,3-4H2,1H3/b6-2-,8-5+,9-7?. The maximum Gasteiger partial charge on any atom is 0.573 e. The number of halogens is 3. The maximum absolute atomic E-state index is 11.9. The quantitative estimate of drug-likeness (QED) is 0.771. The molecule has 0 amide bonds. The van der Waals surface area contributed by atoms with Gasteiger partial charge in [0.25, 0.3) is 0 Å². The minimum Gasteiger partial charge on any atom is -0.406 e. The van der Waals surface area contributed by atoms with E-state index in [-0.39, 0.29) is 5.76 Å². The molecule has 0 heterocycles. The van der Waals surface area contributed by atoms with Crippen LogP contribution < -0.4 is 5.32 Å². The van der Waals surface area contributed by atoms with Crippen LogP contribution in [0.3, 0.4) is 0 Å². The summed E-state index contributed by atoms with van der Waals surface area (Å²) in [7, 11) is 1.78. The molecule has 0 atom stereocenters. The molecule has 1 rings (SSSR count). The lowest BCUT2D eigenvalue weighted by molar-refractivity contribution is -0.303. The van der Waals surface area contributed by atoms with E-state index in [1.54, 1.807) is 13.1 Å². The lowest BCUT2D eigenvalue weighted by atomic mass is 10.2. The summed E-state index contributed by atoms with van der Waals surface area (Å²) >= 11 is 0. The van der Waals surface area contributed by atoms with E-state index in [2.05, 4.69) is 10.1 Å². The van der Waals surface area contributed by atoms with Gasteiger partial charge in [-0.1, -0.05) is 12.2 Å². The van der Waals surface area contributed by atoms with E-state index >= 15 is 0 Å². The second kappa shape index (κ2) is 4.91. The van der Waals surface area contributed by atoms with Crippen molar-refractivity contribution in [2.75, 3.05) is 7.05 Å². The normalized spacial score (nSPS) is 22.9. The molecule has 1 N–H and O–H groups in total. The summed E-state index contributed by atoms with van der Waals surface area (Å²) in [5.74, 6) is -0.158. The summed E-state index contributed by atoms with van der Waals surface area (Å²) in [5, 5.41) is 2.95. The molecule has 0 aromatic rings. The fraction of sp³-hybridized carbons (Fsp3) is 0.400. The molecule has 1 aliphatic rings. The molecule has 0 fully saturated rings. The molecule has 0 aromatic carbocycles. The number of allylic oxidation sites excluding steroid dienone is 4. The van der Waals surface area contributed by atoms with E-state index < -0.39 is 6.36 Å². The minimum absolute atomic E-state index is 0.158. The highest BCUT2D eigenvalue weighted by molar-refractivity contribution is 5.20. The molecule has 0 aromatic heterocycles. The van der Waals surface area contributed by atoms with Crippen LogP contribution in [0.1, 0.15) is 12.8 Å². The third-order valence-corrected chi connectivity index (χ3v) is 1.86. The first-order valence-electron chi connectivity index (χ1n) is 4.50. The zero-order chi connectivity index (χ0) is 11.3. The van der Waals surface area contributed by atoms with Crippen LogP contribution in [0.4, 0.5) is 13.2 Å². The summed E-state index contributed by atoms with van der Waals surface area (Å²) in [4.78, 5) is 0. The van der Waals surface area contributed by atoms with Gasteiger partial charge >= 0.3 is 6.36 Å². The molecule has 0 aliphatic heterocycles. The Bertz CT molecular complexity index is 302. The number of rotatable bonds is 2. The Hall–Kier alpha value is -1.39. The fourth-order valence-corrected chi connectivity index (χ4v) is 1.18. The highest BCUT2D eigenvalue weighted by Gasteiger charge is 2.31. The second-order valence-electron chi connectivity index (χ2n) is 2.98. The van der Waals surface area contributed by atoms with Crippen molar-refractivity contribution in [2.24, 2.45) is 0 Å². The summed E-state index contributed by atoms with van der Waals surface area (Å²) < 4.78 is 39.5. The van der Waals surface area contributed by atoms with Crippen LogP contribution in [0, 0.1) is 0 Å². The Morgan fingerprint density at radius 3 is 2.67 bits per heavy atom. The van der Waals surface area contributed by atoms with Crippen LogP contribution in [0.5, 0.6) is 0 Å². The van der Waals surface area contributed by atoms with E-state index in [4.69, 9.17) is 0 Å². The van der Waals surface area contributed by atoms with Gasteiger partial charge in [-0.3, -0.25) is 0 Å². The van der Waals surface area contributed by atoms with Crippen LogP contribution in [0.25, 0.3) is 0 Å². The Kier molecular flexibility index (Phi) is 3.82. The highest BCUT2D eigenvalue weighted by Crippen LogP contribution is 2.22. The van der Waals surface area contributed by atoms with E-state index in [1.807, 2.05) is 6.08 Å². The van der Waals surface area contributed by atoms with Gasteiger partial charge in [-0.05, 0) is 18.6 Å². The molecule has 0 saturated carbocycles. The van der Waals surface area contributed by atoms with Crippen molar-refractivity contribution in [3.05, 3.63) is 35.8 Å². The predicted octanol–water partition coefficient (Wildman–Crippen LogP) is 2.86. The first-order chi connectivity index (χ1) is 7.01. The molecule has 0 radical (unpaired) electrons. The molecule has 15 heavy (non-hydrogen) atoms. The Balaban J connectivity index is 2.66. The molecule has 0 unspecified atom stereocenters. The first kappa shape index (κ1) is 11.7. The van der Waals surface area contributed by atoms with Gasteiger partial charge in [0.15, 0.2) is 0 Å². The van der Waals surface area contributed by atoms with E-state index in [9.17, 15) is 13.2 Å². The molecule has 84 valence electrons. The van der Waals surface area contributed by atoms with Crippen LogP contribution in [0.2, 0.25) is 0 Å². The average Bonchev–Trinajstić information content (AvgIpc) is 2.07. The third-order valence-electron chi connectivity index (χ3n) is 1.86. The van der Waals surface area contributed by atoms with Crippen LogP contribution >= 0.6 is 0 Å². The van der Waals surface area contributed by atoms with Crippen LogP contribution in [-0.4, -0.2) is 13.4 Å². The maximum atomic E-state index is 11.9. The van der Waals surface area contributed by atoms with Gasteiger partial charge in [0, 0.05) is 19.2 Å².